The topological polar surface area (TPSA) is 48.3 Å². The number of rotatable bonds is 5. The molecule has 5 heteroatoms. The van der Waals surface area contributed by atoms with Crippen molar-refractivity contribution in [2.75, 3.05) is 6.61 Å². The summed E-state index contributed by atoms with van der Waals surface area (Å²) in [6.45, 7) is 7.80. The summed E-state index contributed by atoms with van der Waals surface area (Å²) in [6.07, 6.45) is 0. The Morgan fingerprint density at radius 3 is 2.39 bits per heavy atom. The van der Waals surface area contributed by atoms with Crippen molar-refractivity contribution in [2.45, 2.75) is 33.7 Å². The second-order valence-electron chi connectivity index (χ2n) is 5.73. The number of carbonyl (C=O) groups excluding carboxylic acids is 2. The normalized spacial score (nSPS) is 10.9. The third-order valence-corrected chi connectivity index (χ3v) is 4.67. The number of nitrogens with zero attached hydrogens (tertiary/aromatic N) is 1. The third kappa shape index (κ3) is 3.83. The van der Waals surface area contributed by atoms with Crippen molar-refractivity contribution in [2.24, 2.45) is 0 Å². The summed E-state index contributed by atoms with van der Waals surface area (Å²) in [7, 11) is 0. The molecule has 122 valence electrons. The van der Waals surface area contributed by atoms with Gasteiger partial charge < -0.3 is 9.30 Å². The van der Waals surface area contributed by atoms with Gasteiger partial charge in [-0.2, -0.15) is 0 Å². The van der Waals surface area contributed by atoms with Crippen molar-refractivity contribution in [3.63, 3.8) is 0 Å². The Labute approximate surface area is 150 Å². The number of aromatic nitrogens is 1. The molecule has 0 atom stereocenters. The average molecular weight is 425 g/mol. The van der Waals surface area contributed by atoms with Crippen LogP contribution in [-0.4, -0.2) is 22.9 Å². The molecule has 0 fully saturated rings. The number of esters is 1. The Hall–Kier alpha value is -1.63. The monoisotopic (exact) mass is 425 g/mol. The summed E-state index contributed by atoms with van der Waals surface area (Å²) < 4.78 is 8.10. The van der Waals surface area contributed by atoms with Crippen LogP contribution in [0, 0.1) is 17.4 Å². The molecule has 4 nitrogen and oxygen atoms in total. The number of benzene rings is 1. The largest absolute Gasteiger partial charge is 0.454 e. The highest BCUT2D eigenvalue weighted by Gasteiger charge is 2.19. The molecule has 0 saturated carbocycles. The molecule has 1 aromatic heterocycles. The van der Waals surface area contributed by atoms with Crippen LogP contribution in [0.25, 0.3) is 0 Å². The van der Waals surface area contributed by atoms with Gasteiger partial charge in [-0.1, -0.05) is 12.1 Å². The van der Waals surface area contributed by atoms with Gasteiger partial charge in [0.05, 0.1) is 5.56 Å². The van der Waals surface area contributed by atoms with Crippen molar-refractivity contribution in [1.82, 2.24) is 4.57 Å². The van der Waals surface area contributed by atoms with Crippen molar-refractivity contribution < 1.29 is 14.3 Å². The highest BCUT2D eigenvalue weighted by atomic mass is 127. The van der Waals surface area contributed by atoms with Crippen LogP contribution in [0.3, 0.4) is 0 Å². The first-order valence-electron chi connectivity index (χ1n) is 7.46. The third-order valence-electron chi connectivity index (χ3n) is 3.73. The zero-order valence-corrected chi connectivity index (χ0v) is 15.9. The van der Waals surface area contributed by atoms with E-state index in [0.29, 0.717) is 11.1 Å². The van der Waals surface area contributed by atoms with Gasteiger partial charge in [-0.25, -0.2) is 4.79 Å². The molecule has 0 aliphatic carbocycles. The second kappa shape index (κ2) is 7.29. The average Bonchev–Trinajstić information content (AvgIpc) is 2.80. The minimum absolute atomic E-state index is 0.177. The van der Waals surface area contributed by atoms with E-state index in [2.05, 4.69) is 41.0 Å². The second-order valence-corrected chi connectivity index (χ2v) is 6.89. The van der Waals surface area contributed by atoms with E-state index in [1.807, 2.05) is 32.0 Å². The lowest BCUT2D eigenvalue weighted by atomic mass is 10.1. The van der Waals surface area contributed by atoms with Gasteiger partial charge in [-0.15, -0.1) is 0 Å². The van der Waals surface area contributed by atoms with Gasteiger partial charge in [0.1, 0.15) is 0 Å². The van der Waals surface area contributed by atoms with Crippen LogP contribution in [0.15, 0.2) is 30.3 Å². The number of ketones is 1. The molecule has 0 saturated heterocycles. The molecule has 0 spiro atoms. The first kappa shape index (κ1) is 17.7. The number of ether oxygens (including phenoxy) is 1. The fourth-order valence-electron chi connectivity index (χ4n) is 2.77. The predicted octanol–water partition coefficient (Wildman–Crippen LogP) is 4.33. The van der Waals surface area contributed by atoms with Crippen molar-refractivity contribution >= 4 is 34.3 Å². The molecule has 0 radical (unpaired) electrons. The Morgan fingerprint density at radius 2 is 1.83 bits per heavy atom. The van der Waals surface area contributed by atoms with Crippen LogP contribution in [0.4, 0.5) is 0 Å². The van der Waals surface area contributed by atoms with Gasteiger partial charge in [0.2, 0.25) is 5.78 Å². The van der Waals surface area contributed by atoms with Crippen LogP contribution >= 0.6 is 22.6 Å². The van der Waals surface area contributed by atoms with Crippen LogP contribution in [0.2, 0.25) is 0 Å². The molecular formula is C18H20INO3. The van der Waals surface area contributed by atoms with Crippen molar-refractivity contribution in [3.8, 4) is 0 Å². The summed E-state index contributed by atoms with van der Waals surface area (Å²) in [5.41, 5.74) is 3.04. The first-order chi connectivity index (χ1) is 10.8. The van der Waals surface area contributed by atoms with E-state index < -0.39 is 5.97 Å². The molecule has 23 heavy (non-hydrogen) atoms. The zero-order valence-electron chi connectivity index (χ0n) is 13.7. The van der Waals surface area contributed by atoms with E-state index in [4.69, 9.17) is 4.74 Å². The maximum absolute atomic E-state index is 12.4. The summed E-state index contributed by atoms with van der Waals surface area (Å²) in [6, 6.07) is 9.29. The van der Waals surface area contributed by atoms with E-state index in [1.54, 1.807) is 12.1 Å². The summed E-state index contributed by atoms with van der Waals surface area (Å²) in [5, 5.41) is 0. The summed E-state index contributed by atoms with van der Waals surface area (Å²) in [4.78, 5) is 24.5. The Balaban J connectivity index is 2.10. The minimum Gasteiger partial charge on any atom is -0.454 e. The number of hydrogen-bond donors (Lipinski definition) is 0. The quantitative estimate of drug-likeness (QED) is 0.407. The van der Waals surface area contributed by atoms with Gasteiger partial charge in [0, 0.05) is 26.6 Å². The van der Waals surface area contributed by atoms with E-state index in [0.717, 1.165) is 15.0 Å². The lowest BCUT2D eigenvalue weighted by molar-refractivity contribution is 0.0473. The van der Waals surface area contributed by atoms with Crippen molar-refractivity contribution in [1.29, 1.82) is 0 Å². The standard InChI is InChI=1S/C18H20INO3/c1-11(2)20-12(3)9-15(13(20)4)17(21)10-23-18(22)14-7-5-6-8-16(14)19/h5-9,11H,10H2,1-4H3. The van der Waals surface area contributed by atoms with Crippen LogP contribution in [-0.2, 0) is 4.74 Å². The number of carbonyl (C=O) groups is 2. The van der Waals surface area contributed by atoms with E-state index in [1.165, 1.54) is 0 Å². The van der Waals surface area contributed by atoms with Gasteiger partial charge in [-0.05, 0) is 68.5 Å². The Morgan fingerprint density at radius 1 is 1.17 bits per heavy atom. The molecule has 0 unspecified atom stereocenters. The SMILES string of the molecule is Cc1cc(C(=O)COC(=O)c2ccccc2I)c(C)n1C(C)C. The number of halogens is 1. The lowest BCUT2D eigenvalue weighted by Crippen LogP contribution is -2.16. The fraction of sp³-hybridized carbons (Fsp3) is 0.333. The predicted molar refractivity (Wildman–Crippen MR) is 98.1 cm³/mol. The molecule has 2 aromatic rings. The van der Waals surface area contributed by atoms with E-state index in [-0.39, 0.29) is 18.4 Å². The maximum atomic E-state index is 12.4. The molecule has 0 aliphatic rings. The van der Waals surface area contributed by atoms with E-state index in [9.17, 15) is 9.59 Å². The van der Waals surface area contributed by atoms with Crippen LogP contribution in [0.1, 0.15) is 52.0 Å². The summed E-state index contributed by atoms with van der Waals surface area (Å²) >= 11 is 2.08. The smallest absolute Gasteiger partial charge is 0.339 e. The number of Topliss-reactive ketones (excluding diaryl/α,β-unsaturated/α-hetero) is 1. The molecule has 0 aliphatic heterocycles. The van der Waals surface area contributed by atoms with Crippen LogP contribution < -0.4 is 0 Å². The maximum Gasteiger partial charge on any atom is 0.339 e. The van der Waals surface area contributed by atoms with Crippen molar-refractivity contribution in [3.05, 3.63) is 56.4 Å². The fourth-order valence-corrected chi connectivity index (χ4v) is 3.37. The summed E-state index contributed by atoms with van der Waals surface area (Å²) in [5.74, 6) is -0.648. The highest BCUT2D eigenvalue weighted by molar-refractivity contribution is 14.1. The molecular weight excluding hydrogens is 405 g/mol. The van der Waals surface area contributed by atoms with Gasteiger partial charge in [0.15, 0.2) is 6.61 Å². The van der Waals surface area contributed by atoms with Crippen LogP contribution in [0.5, 0.6) is 0 Å². The first-order valence-corrected chi connectivity index (χ1v) is 8.54. The zero-order chi connectivity index (χ0) is 17.1. The van der Waals surface area contributed by atoms with Gasteiger partial charge in [-0.3, -0.25) is 4.79 Å². The minimum atomic E-state index is -0.471. The molecule has 0 N–H and O–H groups in total. The lowest BCUT2D eigenvalue weighted by Gasteiger charge is -2.13. The molecule has 2 rings (SSSR count). The Kier molecular flexibility index (Phi) is 5.62. The highest BCUT2D eigenvalue weighted by Crippen LogP contribution is 2.21. The van der Waals surface area contributed by atoms with Gasteiger partial charge >= 0.3 is 5.97 Å². The number of hydrogen-bond acceptors (Lipinski definition) is 3. The molecule has 1 heterocycles. The van der Waals surface area contributed by atoms with E-state index >= 15 is 0 Å². The molecule has 0 bridgehead atoms. The van der Waals surface area contributed by atoms with Gasteiger partial charge in [0.25, 0.3) is 0 Å². The Bertz CT molecular complexity index is 747. The molecule has 0 amide bonds. The molecule has 1 aromatic carbocycles. The number of aryl methyl sites for hydroxylation is 1.